The van der Waals surface area contributed by atoms with Crippen molar-refractivity contribution in [2.24, 2.45) is 0 Å². The minimum absolute atomic E-state index is 0. The number of carbonyl (C=O) groups is 3. The summed E-state index contributed by atoms with van der Waals surface area (Å²) in [5.41, 5.74) is 3.91. The summed E-state index contributed by atoms with van der Waals surface area (Å²) in [5.74, 6) is -0.659. The van der Waals surface area contributed by atoms with Crippen LogP contribution in [0.25, 0.3) is 0 Å². The van der Waals surface area contributed by atoms with E-state index >= 15 is 0 Å². The first kappa shape index (κ1) is 27.8. The zero-order valence-electron chi connectivity index (χ0n) is 21.5. The molecule has 0 aromatic heterocycles. The molecule has 0 spiro atoms. The van der Waals surface area contributed by atoms with Crippen LogP contribution in [0.4, 0.5) is 5.69 Å². The highest BCUT2D eigenvalue weighted by molar-refractivity contribution is 6.34. The predicted octanol–water partition coefficient (Wildman–Crippen LogP) is 5.52. The number of piperazine rings is 1. The Bertz CT molecular complexity index is 1380. The highest BCUT2D eigenvalue weighted by atomic mass is 35.5. The Hall–Kier alpha value is -3.19. The zero-order chi connectivity index (χ0) is 26.1. The summed E-state index contributed by atoms with van der Waals surface area (Å²) in [4.78, 5) is 43.9. The molecule has 0 radical (unpaired) electrons. The van der Waals surface area contributed by atoms with E-state index in [1.165, 1.54) is 0 Å². The number of amides is 1. The molecule has 1 heterocycles. The summed E-state index contributed by atoms with van der Waals surface area (Å²) in [6.45, 7) is 7.33. The Kier molecular flexibility index (Phi) is 8.56. The van der Waals surface area contributed by atoms with Crippen molar-refractivity contribution < 1.29 is 14.4 Å². The van der Waals surface area contributed by atoms with Gasteiger partial charge >= 0.3 is 0 Å². The van der Waals surface area contributed by atoms with Crippen LogP contribution in [0.3, 0.4) is 0 Å². The second-order valence-corrected chi connectivity index (χ2v) is 10.1. The molecule has 0 saturated carbocycles. The van der Waals surface area contributed by atoms with E-state index in [2.05, 4.69) is 28.1 Å². The second kappa shape index (κ2) is 11.7. The number of hydrogen-bond donors (Lipinski definition) is 1. The molecule has 1 N–H and O–H groups in total. The number of aryl methyl sites for hydroxylation is 1. The van der Waals surface area contributed by atoms with E-state index in [1.807, 2.05) is 19.1 Å². The highest BCUT2D eigenvalue weighted by Gasteiger charge is 2.31. The zero-order valence-corrected chi connectivity index (χ0v) is 23.1. The lowest BCUT2D eigenvalue weighted by Gasteiger charge is -2.40. The fraction of sp³-hybridized carbons (Fsp3) is 0.300. The highest BCUT2D eigenvalue weighted by Crippen LogP contribution is 2.30. The smallest absolute Gasteiger partial charge is 0.252 e. The topological polar surface area (TPSA) is 69.7 Å². The third-order valence-electron chi connectivity index (χ3n) is 7.31. The summed E-state index contributed by atoms with van der Waals surface area (Å²) in [5, 5.41) is 3.97. The Morgan fingerprint density at radius 3 is 2.18 bits per heavy atom. The van der Waals surface area contributed by atoms with Crippen LogP contribution in [0.5, 0.6) is 0 Å². The molecule has 1 fully saturated rings. The number of nitrogens with zero attached hydrogens (tertiary/aromatic N) is 2. The van der Waals surface area contributed by atoms with Crippen molar-refractivity contribution in [1.29, 1.82) is 0 Å². The fourth-order valence-corrected chi connectivity index (χ4v) is 5.49. The van der Waals surface area contributed by atoms with Gasteiger partial charge in [0.25, 0.3) is 5.91 Å². The van der Waals surface area contributed by atoms with Crippen LogP contribution in [0, 0.1) is 6.92 Å². The van der Waals surface area contributed by atoms with E-state index in [4.69, 9.17) is 11.6 Å². The van der Waals surface area contributed by atoms with Crippen LogP contribution in [0.15, 0.2) is 60.7 Å². The molecule has 1 amide bonds. The standard InChI is InChI=1S/C30H30ClN3O3.ClH/c1-3-7-26(34-16-14-33(15-17-34)25-11-6-8-19(2)27(25)31)32-30(37)20-12-13-23-24(18-20)29(36)22-10-5-4-9-21(22)28(23)35;/h4-6,8-13,18,26H,3,7,14-17H2,1-2H3,(H,32,37);1H. The van der Waals surface area contributed by atoms with Crippen molar-refractivity contribution in [3.05, 3.63) is 99.1 Å². The number of fused-ring (bicyclic) bond motifs is 2. The maximum absolute atomic E-state index is 13.3. The number of hydrogen-bond acceptors (Lipinski definition) is 5. The van der Waals surface area contributed by atoms with Gasteiger partial charge in [-0.05, 0) is 43.2 Å². The molecule has 1 aliphatic heterocycles. The Morgan fingerprint density at radius 2 is 1.53 bits per heavy atom. The molecule has 1 atom stereocenters. The van der Waals surface area contributed by atoms with Crippen LogP contribution >= 0.6 is 24.0 Å². The van der Waals surface area contributed by atoms with Crippen LogP contribution < -0.4 is 10.2 Å². The number of halogens is 2. The second-order valence-electron chi connectivity index (χ2n) is 9.67. The van der Waals surface area contributed by atoms with Crippen molar-refractivity contribution in [2.45, 2.75) is 32.9 Å². The van der Waals surface area contributed by atoms with Gasteiger partial charge in [0.1, 0.15) is 0 Å². The summed E-state index contributed by atoms with van der Waals surface area (Å²) in [6.07, 6.45) is 1.61. The quantitative estimate of drug-likeness (QED) is 0.341. The number of rotatable bonds is 6. The third kappa shape index (κ3) is 5.21. The molecule has 0 bridgehead atoms. The van der Waals surface area contributed by atoms with Crippen LogP contribution in [-0.2, 0) is 0 Å². The molecule has 3 aromatic rings. The van der Waals surface area contributed by atoms with E-state index in [9.17, 15) is 14.4 Å². The minimum atomic E-state index is -0.246. The normalized spacial score (nSPS) is 15.8. The number of nitrogens with one attached hydrogen (secondary N) is 1. The fourth-order valence-electron chi connectivity index (χ4n) is 5.25. The summed E-state index contributed by atoms with van der Waals surface area (Å²) < 4.78 is 0. The van der Waals surface area contributed by atoms with E-state index in [1.54, 1.807) is 42.5 Å². The van der Waals surface area contributed by atoms with Gasteiger partial charge < -0.3 is 10.2 Å². The van der Waals surface area contributed by atoms with Crippen LogP contribution in [0.1, 0.15) is 67.5 Å². The Labute approximate surface area is 234 Å². The summed E-state index contributed by atoms with van der Waals surface area (Å²) >= 11 is 6.55. The first-order valence-corrected chi connectivity index (χ1v) is 13.1. The molecule has 38 heavy (non-hydrogen) atoms. The molecule has 3 aromatic carbocycles. The molecular formula is C30H31Cl2N3O3. The Balaban J connectivity index is 0.00000336. The number of anilines is 1. The van der Waals surface area contributed by atoms with Crippen molar-refractivity contribution in [3.63, 3.8) is 0 Å². The van der Waals surface area contributed by atoms with Crippen molar-refractivity contribution in [1.82, 2.24) is 10.2 Å². The molecule has 198 valence electrons. The molecule has 1 unspecified atom stereocenters. The molecule has 5 rings (SSSR count). The van der Waals surface area contributed by atoms with Crippen molar-refractivity contribution in [2.75, 3.05) is 31.1 Å². The van der Waals surface area contributed by atoms with E-state index in [-0.39, 0.29) is 41.6 Å². The molecule has 6 nitrogen and oxygen atoms in total. The van der Waals surface area contributed by atoms with E-state index < -0.39 is 0 Å². The van der Waals surface area contributed by atoms with Gasteiger partial charge in [-0.15, -0.1) is 12.4 Å². The van der Waals surface area contributed by atoms with Crippen LogP contribution in [0.2, 0.25) is 5.02 Å². The number of carbonyl (C=O) groups excluding carboxylic acids is 3. The number of benzene rings is 3. The van der Waals surface area contributed by atoms with E-state index in [0.29, 0.717) is 22.3 Å². The van der Waals surface area contributed by atoms with Gasteiger partial charge in [0, 0.05) is 54.0 Å². The lowest BCUT2D eigenvalue weighted by Crippen LogP contribution is -2.56. The van der Waals surface area contributed by atoms with Gasteiger partial charge in [-0.3, -0.25) is 19.3 Å². The average Bonchev–Trinajstić information content (AvgIpc) is 2.93. The molecule has 2 aliphatic rings. The lowest BCUT2D eigenvalue weighted by molar-refractivity contribution is 0.0824. The van der Waals surface area contributed by atoms with Gasteiger partial charge in [-0.1, -0.05) is 61.3 Å². The van der Waals surface area contributed by atoms with Gasteiger partial charge in [0.2, 0.25) is 0 Å². The first-order valence-electron chi connectivity index (χ1n) is 12.8. The largest absolute Gasteiger partial charge is 0.368 e. The van der Waals surface area contributed by atoms with Crippen LogP contribution in [-0.4, -0.2) is 54.7 Å². The number of ketones is 2. The van der Waals surface area contributed by atoms with Crippen molar-refractivity contribution in [3.8, 4) is 0 Å². The lowest BCUT2D eigenvalue weighted by atomic mass is 9.83. The SMILES string of the molecule is CCCC(NC(=O)c1ccc2c(c1)C(=O)c1ccccc1C2=O)N1CCN(c2cccc(C)c2Cl)CC1.Cl. The van der Waals surface area contributed by atoms with Gasteiger partial charge in [-0.25, -0.2) is 0 Å². The van der Waals surface area contributed by atoms with Crippen molar-refractivity contribution >= 4 is 47.2 Å². The Morgan fingerprint density at radius 1 is 0.895 bits per heavy atom. The molecular weight excluding hydrogens is 521 g/mol. The molecule has 8 heteroatoms. The average molecular weight is 553 g/mol. The maximum atomic E-state index is 13.3. The first-order chi connectivity index (χ1) is 17.9. The minimum Gasteiger partial charge on any atom is -0.368 e. The van der Waals surface area contributed by atoms with Gasteiger partial charge in [-0.2, -0.15) is 0 Å². The maximum Gasteiger partial charge on any atom is 0.252 e. The van der Waals surface area contributed by atoms with E-state index in [0.717, 1.165) is 55.3 Å². The van der Waals surface area contributed by atoms with Gasteiger partial charge in [0.15, 0.2) is 11.6 Å². The molecule has 1 saturated heterocycles. The summed E-state index contributed by atoms with van der Waals surface area (Å²) in [6, 6.07) is 17.7. The van der Waals surface area contributed by atoms with Gasteiger partial charge in [0.05, 0.1) is 16.9 Å². The molecule has 1 aliphatic carbocycles. The predicted molar refractivity (Wildman–Crippen MR) is 153 cm³/mol. The third-order valence-corrected chi connectivity index (χ3v) is 7.81. The monoisotopic (exact) mass is 551 g/mol. The summed E-state index contributed by atoms with van der Waals surface area (Å²) in [7, 11) is 0.